The van der Waals surface area contributed by atoms with Crippen molar-refractivity contribution in [2.24, 2.45) is 23.5 Å². The summed E-state index contributed by atoms with van der Waals surface area (Å²) in [7, 11) is 5.52. The number of amides is 1. The van der Waals surface area contributed by atoms with Crippen molar-refractivity contribution >= 4 is 23.2 Å². The minimum Gasteiger partial charge on any atom is -0.511 e. The second kappa shape index (κ2) is 9.33. The summed E-state index contributed by atoms with van der Waals surface area (Å²) in [6, 6.07) is 9.12. The first-order chi connectivity index (χ1) is 18.0. The lowest BCUT2D eigenvalue weighted by molar-refractivity contribution is -0.127. The molecule has 9 heteroatoms. The van der Waals surface area contributed by atoms with Crippen LogP contribution in [0.1, 0.15) is 29.5 Å². The summed E-state index contributed by atoms with van der Waals surface area (Å²) >= 11 is 0. The van der Waals surface area contributed by atoms with Gasteiger partial charge in [0.1, 0.15) is 28.6 Å². The number of methoxy groups -OCH3 is 1. The molecular formula is C29H30N2O7. The summed E-state index contributed by atoms with van der Waals surface area (Å²) in [4.78, 5) is 40.0. The van der Waals surface area contributed by atoms with E-state index in [1.54, 1.807) is 13.2 Å². The van der Waals surface area contributed by atoms with Gasteiger partial charge in [0.05, 0.1) is 18.6 Å². The van der Waals surface area contributed by atoms with Crippen molar-refractivity contribution in [2.75, 3.05) is 21.2 Å². The number of phenolic OH excluding ortho intramolecular Hbond substituents is 1. The Morgan fingerprint density at radius 2 is 1.82 bits per heavy atom. The van der Waals surface area contributed by atoms with Gasteiger partial charge < -0.3 is 30.7 Å². The molecule has 0 saturated heterocycles. The van der Waals surface area contributed by atoms with Crippen LogP contribution in [0.25, 0.3) is 16.9 Å². The van der Waals surface area contributed by atoms with Crippen LogP contribution in [0, 0.1) is 17.8 Å². The Morgan fingerprint density at radius 3 is 2.47 bits per heavy atom. The third-order valence-corrected chi connectivity index (χ3v) is 7.82. The molecule has 1 saturated carbocycles. The van der Waals surface area contributed by atoms with Gasteiger partial charge in [-0.3, -0.25) is 14.4 Å². The first kappa shape index (κ1) is 25.5. The lowest BCUT2D eigenvalue weighted by Gasteiger charge is -2.41. The topological polar surface area (TPSA) is 150 Å². The molecule has 1 amide bonds. The Balaban J connectivity index is 1.67. The van der Waals surface area contributed by atoms with Crippen LogP contribution >= 0.6 is 0 Å². The van der Waals surface area contributed by atoms with Gasteiger partial charge in [0.2, 0.25) is 0 Å². The van der Waals surface area contributed by atoms with Crippen LogP contribution in [-0.2, 0) is 27.3 Å². The first-order valence-corrected chi connectivity index (χ1v) is 12.4. The number of primary amides is 1. The SMILES string of the molecule is COc1ccc(CN(C)C)cc1-c1ccc(O)c2c1CC1CC3CC(=O)C(C(N)=O)=C(O)C3C(=O)C1=C2O. The fraction of sp³-hybridized carbons (Fsp3) is 0.345. The zero-order valence-electron chi connectivity index (χ0n) is 21.4. The molecule has 5 N–H and O–H groups in total. The van der Waals surface area contributed by atoms with Crippen molar-refractivity contribution in [3.8, 4) is 22.6 Å². The molecule has 0 spiro atoms. The fourth-order valence-corrected chi connectivity index (χ4v) is 6.32. The maximum absolute atomic E-state index is 13.6. The monoisotopic (exact) mass is 518 g/mol. The molecular weight excluding hydrogens is 488 g/mol. The third-order valence-electron chi connectivity index (χ3n) is 7.82. The number of rotatable bonds is 5. The number of nitrogens with zero attached hydrogens (tertiary/aromatic N) is 1. The highest BCUT2D eigenvalue weighted by Gasteiger charge is 2.51. The van der Waals surface area contributed by atoms with Crippen LogP contribution in [0.4, 0.5) is 0 Å². The average Bonchev–Trinajstić information content (AvgIpc) is 2.83. The summed E-state index contributed by atoms with van der Waals surface area (Å²) in [5.41, 5.74) is 8.25. The standard InChI is InChI=1S/C29H30N2O7/c1-31(2)12-13-4-7-21(38-3)17(8-13)16-5-6-19(32)24-18(16)10-14-9-15-11-20(33)25(29(30)37)28(36)23(15)26(34)22(14)27(24)35/h4-8,14-15,23,32,35-36H,9-12H2,1-3H3,(H2,30,37). The lowest BCUT2D eigenvalue weighted by Crippen LogP contribution is -2.44. The summed E-state index contributed by atoms with van der Waals surface area (Å²) in [5.74, 6) is -4.88. The molecule has 1 fully saturated rings. The van der Waals surface area contributed by atoms with Crippen molar-refractivity contribution in [3.63, 3.8) is 0 Å². The molecule has 38 heavy (non-hydrogen) atoms. The Hall–Kier alpha value is -4.11. The summed E-state index contributed by atoms with van der Waals surface area (Å²) in [6.07, 6.45) is 0.573. The molecule has 0 heterocycles. The van der Waals surface area contributed by atoms with Crippen molar-refractivity contribution in [1.29, 1.82) is 0 Å². The molecule has 198 valence electrons. The fourth-order valence-electron chi connectivity index (χ4n) is 6.32. The van der Waals surface area contributed by atoms with E-state index in [4.69, 9.17) is 10.5 Å². The van der Waals surface area contributed by atoms with Crippen LogP contribution in [0.5, 0.6) is 11.5 Å². The molecule has 3 unspecified atom stereocenters. The van der Waals surface area contributed by atoms with E-state index >= 15 is 0 Å². The number of hydrogen-bond acceptors (Lipinski definition) is 8. The number of aromatic hydroxyl groups is 1. The highest BCUT2D eigenvalue weighted by molar-refractivity contribution is 6.21. The van der Waals surface area contributed by atoms with Gasteiger partial charge in [-0.05, 0) is 73.7 Å². The molecule has 2 aromatic rings. The van der Waals surface area contributed by atoms with E-state index in [9.17, 15) is 29.7 Å². The second-order valence-electron chi connectivity index (χ2n) is 10.5. The number of Topliss-reactive ketones (excluding diaryl/α,β-unsaturated/α-hetero) is 2. The van der Waals surface area contributed by atoms with Crippen LogP contribution < -0.4 is 10.5 Å². The van der Waals surface area contributed by atoms with Crippen LogP contribution in [0.2, 0.25) is 0 Å². The summed E-state index contributed by atoms with van der Waals surface area (Å²) in [5, 5.41) is 32.9. The zero-order valence-corrected chi connectivity index (χ0v) is 21.4. The highest BCUT2D eigenvalue weighted by atomic mass is 16.5. The number of carbonyl (C=O) groups excluding carboxylic acids is 3. The van der Waals surface area contributed by atoms with Gasteiger partial charge in [0.15, 0.2) is 11.6 Å². The molecule has 2 aromatic carbocycles. The number of phenols is 1. The van der Waals surface area contributed by atoms with Crippen molar-refractivity contribution in [3.05, 3.63) is 63.9 Å². The van der Waals surface area contributed by atoms with Crippen molar-refractivity contribution in [1.82, 2.24) is 4.90 Å². The Morgan fingerprint density at radius 1 is 1.08 bits per heavy atom. The number of aliphatic hydroxyl groups is 2. The lowest BCUT2D eigenvalue weighted by atomic mass is 9.61. The van der Waals surface area contributed by atoms with E-state index in [1.165, 1.54) is 6.07 Å². The van der Waals surface area contributed by atoms with Gasteiger partial charge in [-0.15, -0.1) is 0 Å². The maximum Gasteiger partial charge on any atom is 0.255 e. The smallest absolute Gasteiger partial charge is 0.255 e. The number of fused-ring (bicyclic) bond motifs is 3. The molecule has 3 aliphatic rings. The number of ketones is 2. The second-order valence-corrected chi connectivity index (χ2v) is 10.5. The highest BCUT2D eigenvalue weighted by Crippen LogP contribution is 2.52. The predicted molar refractivity (Wildman–Crippen MR) is 139 cm³/mol. The van der Waals surface area contributed by atoms with Gasteiger partial charge in [0.25, 0.3) is 5.91 Å². The quantitative estimate of drug-likeness (QED) is 0.441. The van der Waals surface area contributed by atoms with E-state index in [1.807, 2.05) is 37.2 Å². The molecule has 0 aliphatic heterocycles. The van der Waals surface area contributed by atoms with Gasteiger partial charge in [-0.2, -0.15) is 0 Å². The average molecular weight is 519 g/mol. The number of benzene rings is 2. The maximum atomic E-state index is 13.6. The molecule has 0 radical (unpaired) electrons. The normalized spacial score (nSPS) is 22.8. The minimum atomic E-state index is -1.14. The van der Waals surface area contributed by atoms with Crippen LogP contribution in [-0.4, -0.2) is 58.9 Å². The van der Waals surface area contributed by atoms with Gasteiger partial charge >= 0.3 is 0 Å². The number of nitrogens with two attached hydrogens (primary N) is 1. The number of aliphatic hydroxyl groups excluding tert-OH is 2. The molecule has 0 aromatic heterocycles. The van der Waals surface area contributed by atoms with Gasteiger partial charge in [-0.25, -0.2) is 0 Å². The number of allylic oxidation sites excluding steroid dienone is 2. The van der Waals surface area contributed by atoms with Gasteiger partial charge in [0, 0.05) is 24.1 Å². The molecule has 0 bridgehead atoms. The molecule has 3 atom stereocenters. The van der Waals surface area contributed by atoms with E-state index < -0.39 is 46.6 Å². The molecule has 3 aliphatic carbocycles. The van der Waals surface area contributed by atoms with E-state index in [2.05, 4.69) is 0 Å². The Labute approximate surface area is 219 Å². The third kappa shape index (κ3) is 3.94. The molecule has 9 nitrogen and oxygen atoms in total. The number of hydrogen-bond donors (Lipinski definition) is 4. The summed E-state index contributed by atoms with van der Waals surface area (Å²) < 4.78 is 5.64. The number of ether oxygens (including phenoxy) is 1. The van der Waals surface area contributed by atoms with Crippen molar-refractivity contribution < 1.29 is 34.4 Å². The van der Waals surface area contributed by atoms with E-state index in [0.717, 1.165) is 16.7 Å². The largest absolute Gasteiger partial charge is 0.511 e. The zero-order chi connectivity index (χ0) is 27.5. The van der Waals surface area contributed by atoms with Crippen LogP contribution in [0.15, 0.2) is 47.2 Å². The Kier molecular flexibility index (Phi) is 6.27. The number of carbonyl (C=O) groups is 3. The predicted octanol–water partition coefficient (Wildman–Crippen LogP) is 3.05. The minimum absolute atomic E-state index is 0.0873. The first-order valence-electron chi connectivity index (χ1n) is 12.4. The van der Waals surface area contributed by atoms with Crippen LogP contribution in [0.3, 0.4) is 0 Å². The van der Waals surface area contributed by atoms with Crippen molar-refractivity contribution in [2.45, 2.75) is 25.8 Å². The Bertz CT molecular complexity index is 1450. The molecule has 5 rings (SSSR count). The van der Waals surface area contributed by atoms with E-state index in [0.29, 0.717) is 30.7 Å². The van der Waals surface area contributed by atoms with E-state index in [-0.39, 0.29) is 29.1 Å². The summed E-state index contributed by atoms with van der Waals surface area (Å²) in [6.45, 7) is 0.699. The van der Waals surface area contributed by atoms with Gasteiger partial charge in [-0.1, -0.05) is 12.1 Å².